The van der Waals surface area contributed by atoms with E-state index in [1.54, 1.807) is 12.1 Å². The summed E-state index contributed by atoms with van der Waals surface area (Å²) in [7, 11) is 0. The van der Waals surface area contributed by atoms with Crippen LogP contribution in [0, 0.1) is 5.82 Å². The summed E-state index contributed by atoms with van der Waals surface area (Å²) < 4.78 is 18.6. The molecule has 120 valence electrons. The summed E-state index contributed by atoms with van der Waals surface area (Å²) in [4.78, 5) is 0. The quantitative estimate of drug-likeness (QED) is 0.896. The first kappa shape index (κ1) is 18.5. The van der Waals surface area contributed by atoms with Crippen molar-refractivity contribution in [1.82, 2.24) is 5.32 Å². The maximum Gasteiger partial charge on any atom is 0.123 e. The van der Waals surface area contributed by atoms with Gasteiger partial charge in [0.2, 0.25) is 0 Å². The molecule has 0 amide bonds. The van der Waals surface area contributed by atoms with E-state index in [9.17, 15) is 4.39 Å². The summed E-state index contributed by atoms with van der Waals surface area (Å²) in [5, 5.41) is 3.45. The fraction of sp³-hybridized carbons (Fsp3) is 0.333. The standard InChI is InChI=1S/C18H22FNO.ClH/c1-18(2,3)20-12-15-5-4-6-17(11-15)21-13-14-7-9-16(19)10-8-14;/h4-11,20H,12-13H2,1-3H3;1H/p-1. The lowest BCUT2D eigenvalue weighted by Gasteiger charge is -2.20. The molecule has 0 saturated carbocycles. The number of halogens is 2. The summed E-state index contributed by atoms with van der Waals surface area (Å²) in [6, 6.07) is 14.4. The Morgan fingerprint density at radius 2 is 1.68 bits per heavy atom. The van der Waals surface area contributed by atoms with Crippen LogP contribution in [0.2, 0.25) is 0 Å². The summed E-state index contributed by atoms with van der Waals surface area (Å²) >= 11 is 0. The predicted molar refractivity (Wildman–Crippen MR) is 83.8 cm³/mol. The Labute approximate surface area is 138 Å². The number of rotatable bonds is 5. The van der Waals surface area contributed by atoms with Gasteiger partial charge in [0.1, 0.15) is 18.2 Å². The predicted octanol–water partition coefficient (Wildman–Crippen LogP) is 1.30. The van der Waals surface area contributed by atoms with Gasteiger partial charge >= 0.3 is 0 Å². The molecule has 0 bridgehead atoms. The first-order chi connectivity index (χ1) is 9.92. The highest BCUT2D eigenvalue weighted by Gasteiger charge is 2.08. The van der Waals surface area contributed by atoms with Crippen LogP contribution in [-0.4, -0.2) is 5.54 Å². The van der Waals surface area contributed by atoms with E-state index in [0.29, 0.717) is 6.61 Å². The lowest BCUT2D eigenvalue weighted by molar-refractivity contribution is -0.00000604. The fourth-order valence-electron chi connectivity index (χ4n) is 1.86. The van der Waals surface area contributed by atoms with Crippen LogP contribution >= 0.6 is 0 Å². The molecule has 0 atom stereocenters. The maximum absolute atomic E-state index is 12.8. The molecule has 2 rings (SSSR count). The zero-order valence-corrected chi connectivity index (χ0v) is 14.0. The molecule has 1 N–H and O–H groups in total. The highest BCUT2D eigenvalue weighted by atomic mass is 35.5. The normalized spacial score (nSPS) is 10.9. The molecule has 0 aliphatic heterocycles. The van der Waals surface area contributed by atoms with Crippen molar-refractivity contribution in [3.63, 3.8) is 0 Å². The Hall–Kier alpha value is -1.58. The minimum atomic E-state index is -0.228. The van der Waals surface area contributed by atoms with Gasteiger partial charge in [-0.15, -0.1) is 0 Å². The van der Waals surface area contributed by atoms with Crippen molar-refractivity contribution in [1.29, 1.82) is 0 Å². The number of nitrogens with one attached hydrogen (secondary N) is 1. The van der Waals surface area contributed by atoms with Crippen LogP contribution in [0.15, 0.2) is 48.5 Å². The Bertz CT molecular complexity index is 578. The molecule has 0 aliphatic carbocycles. The third-order valence-electron chi connectivity index (χ3n) is 3.04. The molecular weight excluding hydrogens is 301 g/mol. The first-order valence-corrected chi connectivity index (χ1v) is 7.14. The third-order valence-corrected chi connectivity index (χ3v) is 3.04. The molecule has 22 heavy (non-hydrogen) atoms. The molecule has 2 nitrogen and oxygen atoms in total. The average Bonchev–Trinajstić information content (AvgIpc) is 2.44. The van der Waals surface area contributed by atoms with Gasteiger partial charge in [-0.2, -0.15) is 0 Å². The van der Waals surface area contributed by atoms with Gasteiger partial charge in [0.05, 0.1) is 0 Å². The van der Waals surface area contributed by atoms with E-state index in [2.05, 4.69) is 32.2 Å². The molecule has 2 aromatic rings. The van der Waals surface area contributed by atoms with Crippen molar-refractivity contribution in [3.8, 4) is 5.75 Å². The highest BCUT2D eigenvalue weighted by molar-refractivity contribution is 5.29. The van der Waals surface area contributed by atoms with Crippen LogP contribution in [0.3, 0.4) is 0 Å². The van der Waals surface area contributed by atoms with Gasteiger partial charge in [0, 0.05) is 12.1 Å². The third kappa shape index (κ3) is 6.46. The van der Waals surface area contributed by atoms with Crippen molar-refractivity contribution >= 4 is 0 Å². The molecule has 2 aromatic carbocycles. The zero-order chi connectivity index (χ0) is 15.3. The van der Waals surface area contributed by atoms with Crippen molar-refractivity contribution in [2.24, 2.45) is 0 Å². The van der Waals surface area contributed by atoms with E-state index in [1.807, 2.05) is 18.2 Å². The second kappa shape index (κ2) is 8.16. The van der Waals surface area contributed by atoms with Crippen LogP contribution in [0.25, 0.3) is 0 Å². The van der Waals surface area contributed by atoms with Gasteiger partial charge in [0.25, 0.3) is 0 Å². The van der Waals surface area contributed by atoms with Crippen LogP contribution in [-0.2, 0) is 13.2 Å². The lowest BCUT2D eigenvalue weighted by Crippen LogP contribution is -3.00. The summed E-state index contributed by atoms with van der Waals surface area (Å²) in [5.74, 6) is 0.599. The minimum absolute atomic E-state index is 0. The molecule has 4 heteroatoms. The van der Waals surface area contributed by atoms with Gasteiger partial charge < -0.3 is 22.5 Å². The van der Waals surface area contributed by atoms with Crippen molar-refractivity contribution in [2.75, 3.05) is 0 Å². The number of hydrogen-bond donors (Lipinski definition) is 1. The van der Waals surface area contributed by atoms with E-state index in [0.717, 1.165) is 17.9 Å². The van der Waals surface area contributed by atoms with Crippen LogP contribution in [0.1, 0.15) is 31.9 Å². The van der Waals surface area contributed by atoms with E-state index in [1.165, 1.54) is 17.7 Å². The SMILES string of the molecule is CC(C)(C)NCc1cccc(OCc2ccc(F)cc2)c1.[Cl-]. The average molecular weight is 323 g/mol. The number of benzene rings is 2. The molecule has 0 spiro atoms. The van der Waals surface area contributed by atoms with Crippen molar-refractivity contribution in [3.05, 3.63) is 65.5 Å². The molecule has 0 unspecified atom stereocenters. The highest BCUT2D eigenvalue weighted by Crippen LogP contribution is 2.16. The summed E-state index contributed by atoms with van der Waals surface area (Å²) in [6.07, 6.45) is 0. The van der Waals surface area contributed by atoms with Crippen LogP contribution in [0.4, 0.5) is 4.39 Å². The summed E-state index contributed by atoms with van der Waals surface area (Å²) in [5.41, 5.74) is 2.22. The number of hydrogen-bond acceptors (Lipinski definition) is 2. The summed E-state index contributed by atoms with van der Waals surface area (Å²) in [6.45, 7) is 7.67. The topological polar surface area (TPSA) is 21.3 Å². The largest absolute Gasteiger partial charge is 1.00 e. The van der Waals surface area contributed by atoms with E-state index in [4.69, 9.17) is 4.74 Å². The maximum atomic E-state index is 12.8. The zero-order valence-electron chi connectivity index (χ0n) is 13.2. The molecule has 0 radical (unpaired) electrons. The monoisotopic (exact) mass is 322 g/mol. The molecule has 0 saturated heterocycles. The Morgan fingerprint density at radius 1 is 1.00 bits per heavy atom. The first-order valence-electron chi connectivity index (χ1n) is 7.14. The molecule has 0 aromatic heterocycles. The van der Waals surface area contributed by atoms with Crippen molar-refractivity contribution < 1.29 is 21.5 Å². The fourth-order valence-corrected chi connectivity index (χ4v) is 1.86. The van der Waals surface area contributed by atoms with Gasteiger partial charge in [0.15, 0.2) is 0 Å². The molecule has 0 aliphatic rings. The van der Waals surface area contributed by atoms with Gasteiger partial charge in [-0.25, -0.2) is 4.39 Å². The van der Waals surface area contributed by atoms with Crippen LogP contribution in [0.5, 0.6) is 5.75 Å². The minimum Gasteiger partial charge on any atom is -1.00 e. The lowest BCUT2D eigenvalue weighted by atomic mass is 10.1. The van der Waals surface area contributed by atoms with E-state index >= 15 is 0 Å². The molecular formula is C18H22ClFNO-. The van der Waals surface area contributed by atoms with Gasteiger partial charge in [-0.05, 0) is 56.2 Å². The van der Waals surface area contributed by atoms with Gasteiger partial charge in [-0.1, -0.05) is 24.3 Å². The molecule has 0 fully saturated rings. The van der Waals surface area contributed by atoms with E-state index < -0.39 is 0 Å². The Balaban J connectivity index is 0.00000242. The Morgan fingerprint density at radius 3 is 2.32 bits per heavy atom. The second-order valence-electron chi connectivity index (χ2n) is 6.17. The number of ether oxygens (including phenoxy) is 1. The second-order valence-corrected chi connectivity index (χ2v) is 6.17. The molecule has 0 heterocycles. The van der Waals surface area contributed by atoms with Crippen LogP contribution < -0.4 is 22.5 Å². The smallest absolute Gasteiger partial charge is 0.123 e. The Kier molecular flexibility index (Phi) is 6.85. The van der Waals surface area contributed by atoms with E-state index in [-0.39, 0.29) is 23.8 Å². The van der Waals surface area contributed by atoms with Crippen molar-refractivity contribution in [2.45, 2.75) is 39.5 Å². The van der Waals surface area contributed by atoms with Gasteiger partial charge in [-0.3, -0.25) is 0 Å².